The van der Waals surface area contributed by atoms with Crippen LogP contribution in [0, 0.1) is 11.6 Å². The number of nitrogen functional groups attached to an aromatic ring is 1. The molecule has 4 nitrogen and oxygen atoms in total. The van der Waals surface area contributed by atoms with Crippen molar-refractivity contribution in [2.75, 3.05) is 5.43 Å². The fourth-order valence-electron chi connectivity index (χ4n) is 1.95. The standard InChI is InChI=1S/C14H15F2N3OS/c1-2-11(12-4-3-5-21-12)18-14(20)8-6-9(15)13(19-17)10(16)7-8/h3-7,11,19H,2,17H2,1H3,(H,18,20). The molecule has 21 heavy (non-hydrogen) atoms. The molecule has 1 amide bonds. The van der Waals surface area contributed by atoms with E-state index in [0.29, 0.717) is 6.42 Å². The maximum absolute atomic E-state index is 13.6. The van der Waals surface area contributed by atoms with E-state index in [9.17, 15) is 13.6 Å². The Hall–Kier alpha value is -1.99. The number of carbonyl (C=O) groups excluding carboxylic acids is 1. The average Bonchev–Trinajstić information content (AvgIpc) is 2.98. The number of hydrogen-bond acceptors (Lipinski definition) is 4. The molecule has 2 aromatic rings. The smallest absolute Gasteiger partial charge is 0.252 e. The van der Waals surface area contributed by atoms with Gasteiger partial charge in [-0.15, -0.1) is 11.3 Å². The van der Waals surface area contributed by atoms with Crippen LogP contribution in [-0.2, 0) is 0 Å². The molecule has 112 valence electrons. The van der Waals surface area contributed by atoms with Crippen LogP contribution in [0.1, 0.15) is 34.6 Å². The van der Waals surface area contributed by atoms with Gasteiger partial charge in [0.2, 0.25) is 0 Å². The quantitative estimate of drug-likeness (QED) is 0.587. The zero-order chi connectivity index (χ0) is 15.4. The lowest BCUT2D eigenvalue weighted by Crippen LogP contribution is -2.28. The van der Waals surface area contributed by atoms with Crippen LogP contribution in [0.5, 0.6) is 0 Å². The number of nitrogens with two attached hydrogens (primary N) is 1. The first kappa shape index (κ1) is 15.4. The minimum Gasteiger partial charge on any atom is -0.344 e. The summed E-state index contributed by atoms with van der Waals surface area (Å²) in [6.07, 6.45) is 0.680. The molecule has 0 saturated heterocycles. The number of hydrazine groups is 1. The molecule has 1 atom stereocenters. The number of benzene rings is 1. The first-order valence-corrected chi connectivity index (χ1v) is 7.24. The third kappa shape index (κ3) is 3.37. The molecule has 1 aromatic heterocycles. The Morgan fingerprint density at radius 1 is 1.38 bits per heavy atom. The van der Waals surface area contributed by atoms with Gasteiger partial charge in [0.15, 0.2) is 11.6 Å². The summed E-state index contributed by atoms with van der Waals surface area (Å²) < 4.78 is 27.2. The van der Waals surface area contributed by atoms with E-state index < -0.39 is 23.2 Å². The maximum Gasteiger partial charge on any atom is 0.252 e. The highest BCUT2D eigenvalue weighted by atomic mass is 32.1. The van der Waals surface area contributed by atoms with Crippen molar-refractivity contribution in [3.05, 3.63) is 51.7 Å². The van der Waals surface area contributed by atoms with Crippen LogP contribution >= 0.6 is 11.3 Å². The number of hydrogen-bond donors (Lipinski definition) is 3. The maximum atomic E-state index is 13.6. The van der Waals surface area contributed by atoms with Crippen molar-refractivity contribution in [1.29, 1.82) is 0 Å². The van der Waals surface area contributed by atoms with Gasteiger partial charge in [-0.2, -0.15) is 0 Å². The SMILES string of the molecule is CCC(NC(=O)c1cc(F)c(NN)c(F)c1)c1cccs1. The molecule has 4 N–H and O–H groups in total. The van der Waals surface area contributed by atoms with Crippen LogP contribution < -0.4 is 16.6 Å². The summed E-state index contributed by atoms with van der Waals surface area (Å²) in [6, 6.07) is 5.51. The fraction of sp³-hybridized carbons (Fsp3) is 0.214. The number of amides is 1. The molecule has 1 heterocycles. The third-order valence-corrected chi connectivity index (χ3v) is 4.03. The van der Waals surface area contributed by atoms with Crippen LogP contribution in [0.3, 0.4) is 0 Å². The third-order valence-electron chi connectivity index (χ3n) is 3.05. The summed E-state index contributed by atoms with van der Waals surface area (Å²) in [6.45, 7) is 1.92. The lowest BCUT2D eigenvalue weighted by molar-refractivity contribution is 0.0935. The monoisotopic (exact) mass is 311 g/mol. The van der Waals surface area contributed by atoms with Crippen molar-refractivity contribution >= 4 is 22.9 Å². The van der Waals surface area contributed by atoms with Gasteiger partial charge in [0.1, 0.15) is 5.69 Å². The zero-order valence-corrected chi connectivity index (χ0v) is 12.1. The predicted molar refractivity (Wildman–Crippen MR) is 79.0 cm³/mol. The van der Waals surface area contributed by atoms with Crippen molar-refractivity contribution in [2.45, 2.75) is 19.4 Å². The summed E-state index contributed by atoms with van der Waals surface area (Å²) in [5.74, 6) is 2.66. The second-order valence-electron chi connectivity index (χ2n) is 4.41. The number of anilines is 1. The average molecular weight is 311 g/mol. The summed E-state index contributed by atoms with van der Waals surface area (Å²) in [5, 5.41) is 4.67. The highest BCUT2D eigenvalue weighted by Gasteiger charge is 2.18. The van der Waals surface area contributed by atoms with E-state index in [1.54, 1.807) is 0 Å². The molecule has 0 fully saturated rings. The Morgan fingerprint density at radius 2 is 2.05 bits per heavy atom. The van der Waals surface area contributed by atoms with E-state index >= 15 is 0 Å². The lowest BCUT2D eigenvalue weighted by Gasteiger charge is -2.16. The van der Waals surface area contributed by atoms with Crippen molar-refractivity contribution < 1.29 is 13.6 Å². The van der Waals surface area contributed by atoms with Crippen molar-refractivity contribution in [2.24, 2.45) is 5.84 Å². The van der Waals surface area contributed by atoms with Crippen LogP contribution in [0.15, 0.2) is 29.6 Å². The molecular formula is C14H15F2N3OS. The molecule has 1 aromatic carbocycles. The second-order valence-corrected chi connectivity index (χ2v) is 5.39. The second kappa shape index (κ2) is 6.64. The minimum absolute atomic E-state index is 0.0843. The van der Waals surface area contributed by atoms with Crippen LogP contribution in [0.25, 0.3) is 0 Å². The van der Waals surface area contributed by atoms with Gasteiger partial charge in [-0.3, -0.25) is 10.6 Å². The Bertz CT molecular complexity index is 608. The molecule has 0 radical (unpaired) electrons. The largest absolute Gasteiger partial charge is 0.344 e. The summed E-state index contributed by atoms with van der Waals surface area (Å²) >= 11 is 1.52. The van der Waals surface area contributed by atoms with Crippen molar-refractivity contribution in [3.63, 3.8) is 0 Å². The van der Waals surface area contributed by atoms with Gasteiger partial charge in [-0.05, 0) is 30.0 Å². The minimum atomic E-state index is -0.910. The number of thiophene rings is 1. The first-order chi connectivity index (χ1) is 10.1. The summed E-state index contributed by atoms with van der Waals surface area (Å²) in [4.78, 5) is 13.1. The van der Waals surface area contributed by atoms with E-state index in [0.717, 1.165) is 17.0 Å². The summed E-state index contributed by atoms with van der Waals surface area (Å²) in [5.41, 5.74) is 1.38. The molecule has 7 heteroatoms. The van der Waals surface area contributed by atoms with Gasteiger partial charge in [0.25, 0.3) is 5.91 Å². The molecule has 0 aliphatic rings. The first-order valence-electron chi connectivity index (χ1n) is 6.36. The number of nitrogens with one attached hydrogen (secondary N) is 2. The molecule has 2 rings (SSSR count). The highest BCUT2D eigenvalue weighted by molar-refractivity contribution is 7.10. The van der Waals surface area contributed by atoms with Gasteiger partial charge in [0.05, 0.1) is 6.04 Å². The highest BCUT2D eigenvalue weighted by Crippen LogP contribution is 2.23. The molecule has 0 aliphatic heterocycles. The van der Waals surface area contributed by atoms with Gasteiger partial charge >= 0.3 is 0 Å². The Balaban J connectivity index is 2.20. The Morgan fingerprint density at radius 3 is 2.52 bits per heavy atom. The van der Waals surface area contributed by atoms with E-state index in [4.69, 9.17) is 5.84 Å². The Labute approximate surface area is 124 Å². The normalized spacial score (nSPS) is 12.0. The number of carbonyl (C=O) groups is 1. The van der Waals surface area contributed by atoms with Gasteiger partial charge in [0, 0.05) is 10.4 Å². The van der Waals surface area contributed by atoms with E-state index in [2.05, 4.69) is 5.32 Å². The topological polar surface area (TPSA) is 67.2 Å². The predicted octanol–water partition coefficient (Wildman–Crippen LogP) is 3.19. The van der Waals surface area contributed by atoms with Gasteiger partial charge in [-0.25, -0.2) is 8.78 Å². The number of halogens is 2. The van der Waals surface area contributed by atoms with Crippen LogP contribution in [0.4, 0.5) is 14.5 Å². The van der Waals surface area contributed by atoms with Gasteiger partial charge < -0.3 is 10.7 Å². The molecule has 0 saturated carbocycles. The molecular weight excluding hydrogens is 296 g/mol. The van der Waals surface area contributed by atoms with E-state index in [1.807, 2.05) is 29.9 Å². The van der Waals surface area contributed by atoms with Crippen LogP contribution in [0.2, 0.25) is 0 Å². The van der Waals surface area contributed by atoms with Crippen molar-refractivity contribution in [1.82, 2.24) is 5.32 Å². The van der Waals surface area contributed by atoms with Crippen molar-refractivity contribution in [3.8, 4) is 0 Å². The lowest BCUT2D eigenvalue weighted by atomic mass is 10.1. The molecule has 1 unspecified atom stereocenters. The molecule has 0 spiro atoms. The van der Waals surface area contributed by atoms with Gasteiger partial charge in [-0.1, -0.05) is 13.0 Å². The van der Waals surface area contributed by atoms with E-state index in [-0.39, 0.29) is 11.6 Å². The fourth-order valence-corrected chi connectivity index (χ4v) is 2.81. The number of rotatable bonds is 5. The van der Waals surface area contributed by atoms with E-state index in [1.165, 1.54) is 11.3 Å². The van der Waals surface area contributed by atoms with Crippen LogP contribution in [-0.4, -0.2) is 5.91 Å². The zero-order valence-electron chi connectivity index (χ0n) is 11.3. The molecule has 0 aliphatic carbocycles. The Kier molecular flexibility index (Phi) is 4.87. The summed E-state index contributed by atoms with van der Waals surface area (Å²) in [7, 11) is 0. The molecule has 0 bridgehead atoms.